The van der Waals surface area contributed by atoms with Crippen LogP contribution in [-0.2, 0) is 9.53 Å². The molecule has 1 aromatic heterocycles. The molecule has 1 heterocycles. The van der Waals surface area contributed by atoms with E-state index in [2.05, 4.69) is 13.2 Å². The van der Waals surface area contributed by atoms with Crippen molar-refractivity contribution >= 4 is 5.97 Å². The Morgan fingerprint density at radius 3 is 3.00 bits per heavy atom. The minimum atomic E-state index is -1.17. The van der Waals surface area contributed by atoms with Crippen molar-refractivity contribution in [2.45, 2.75) is 6.10 Å². The maximum Gasteiger partial charge on any atom is 0.336 e. The van der Waals surface area contributed by atoms with Crippen LogP contribution in [0.1, 0.15) is 11.9 Å². The number of aliphatic hydroxyl groups excluding tert-OH is 1. The fourth-order valence-electron chi connectivity index (χ4n) is 0.958. The number of aliphatic hydroxyl groups is 1. The van der Waals surface area contributed by atoms with Crippen LogP contribution in [0.4, 0.5) is 0 Å². The van der Waals surface area contributed by atoms with Gasteiger partial charge >= 0.3 is 5.97 Å². The zero-order valence-corrected chi connectivity index (χ0v) is 8.18. The van der Waals surface area contributed by atoms with Gasteiger partial charge in [0, 0.05) is 0 Å². The van der Waals surface area contributed by atoms with Crippen LogP contribution in [0.15, 0.2) is 47.6 Å². The molecule has 1 N–H and O–H groups in total. The molecule has 0 radical (unpaired) electrons. The number of hydrogen-bond donors (Lipinski definition) is 1. The minimum Gasteiger partial charge on any atom is -0.466 e. The van der Waals surface area contributed by atoms with E-state index in [1.165, 1.54) is 12.3 Å². The Kier molecular flexibility index (Phi) is 3.88. The van der Waals surface area contributed by atoms with E-state index >= 15 is 0 Å². The average Bonchev–Trinajstić information content (AvgIpc) is 2.77. The van der Waals surface area contributed by atoms with Gasteiger partial charge in [0.1, 0.15) is 18.5 Å². The van der Waals surface area contributed by atoms with Crippen LogP contribution >= 0.6 is 0 Å². The molecule has 15 heavy (non-hydrogen) atoms. The number of rotatable bonds is 5. The van der Waals surface area contributed by atoms with Gasteiger partial charge in [0.2, 0.25) is 0 Å². The third-order valence-corrected chi connectivity index (χ3v) is 1.74. The summed E-state index contributed by atoms with van der Waals surface area (Å²) in [6, 6.07) is 3.16. The number of esters is 1. The summed E-state index contributed by atoms with van der Waals surface area (Å²) in [5.41, 5.74) is -0.0631. The first-order chi connectivity index (χ1) is 7.16. The molecule has 0 aliphatic heterocycles. The van der Waals surface area contributed by atoms with Crippen molar-refractivity contribution in [3.63, 3.8) is 0 Å². The summed E-state index contributed by atoms with van der Waals surface area (Å²) in [7, 11) is 0. The zero-order chi connectivity index (χ0) is 11.3. The first-order valence-electron chi connectivity index (χ1n) is 4.35. The molecule has 4 nitrogen and oxygen atoms in total. The largest absolute Gasteiger partial charge is 0.466 e. The summed E-state index contributed by atoms with van der Waals surface area (Å²) < 4.78 is 9.65. The number of hydrogen-bond acceptors (Lipinski definition) is 4. The number of carbonyl (C=O) groups is 1. The van der Waals surface area contributed by atoms with Gasteiger partial charge in [0.25, 0.3) is 0 Å². The summed E-state index contributed by atoms with van der Waals surface area (Å²) >= 11 is 0. The monoisotopic (exact) mass is 208 g/mol. The predicted molar refractivity (Wildman–Crippen MR) is 54.0 cm³/mol. The van der Waals surface area contributed by atoms with Crippen molar-refractivity contribution in [2.24, 2.45) is 0 Å². The molecule has 1 unspecified atom stereocenters. The van der Waals surface area contributed by atoms with Crippen LogP contribution in [-0.4, -0.2) is 17.7 Å². The average molecular weight is 208 g/mol. The van der Waals surface area contributed by atoms with Gasteiger partial charge in [-0.3, -0.25) is 0 Å². The molecule has 0 saturated carbocycles. The molecule has 4 heteroatoms. The van der Waals surface area contributed by atoms with Crippen molar-refractivity contribution in [2.75, 3.05) is 6.61 Å². The highest BCUT2D eigenvalue weighted by molar-refractivity contribution is 5.88. The molecule has 1 rings (SSSR count). The van der Waals surface area contributed by atoms with Gasteiger partial charge in [0.15, 0.2) is 0 Å². The molecular weight excluding hydrogens is 196 g/mol. The summed E-state index contributed by atoms with van der Waals surface area (Å²) in [6.07, 6.45) is 1.67. The Morgan fingerprint density at radius 1 is 1.73 bits per heavy atom. The lowest BCUT2D eigenvalue weighted by molar-refractivity contribution is -0.139. The molecule has 0 amide bonds. The highest BCUT2D eigenvalue weighted by Crippen LogP contribution is 2.21. The van der Waals surface area contributed by atoms with E-state index in [0.717, 1.165) is 0 Å². The summed E-state index contributed by atoms with van der Waals surface area (Å²) in [5.74, 6) is -0.408. The molecule has 80 valence electrons. The van der Waals surface area contributed by atoms with Crippen molar-refractivity contribution in [1.82, 2.24) is 0 Å². The van der Waals surface area contributed by atoms with Gasteiger partial charge in [-0.15, -0.1) is 0 Å². The van der Waals surface area contributed by atoms with Gasteiger partial charge in [-0.05, 0) is 12.1 Å². The van der Waals surface area contributed by atoms with Gasteiger partial charge < -0.3 is 14.3 Å². The lowest BCUT2D eigenvalue weighted by atomic mass is 10.1. The van der Waals surface area contributed by atoms with Crippen molar-refractivity contribution in [3.05, 3.63) is 49.0 Å². The normalized spacial score (nSPS) is 11.8. The molecule has 1 atom stereocenters. The standard InChI is InChI=1S/C11H12O4/c1-3-6-15-11(13)8(2)10(12)9-5-4-7-14-9/h3-5,7,10,12H,1-2,6H2. The topological polar surface area (TPSA) is 59.7 Å². The molecular formula is C11H12O4. The molecule has 0 aliphatic rings. The molecule has 0 aliphatic carbocycles. The second-order valence-corrected chi connectivity index (χ2v) is 2.83. The lowest BCUT2D eigenvalue weighted by Gasteiger charge is -2.09. The van der Waals surface area contributed by atoms with E-state index in [-0.39, 0.29) is 17.9 Å². The van der Waals surface area contributed by atoms with Crippen molar-refractivity contribution in [3.8, 4) is 0 Å². The van der Waals surface area contributed by atoms with Gasteiger partial charge in [0.05, 0.1) is 11.8 Å². The number of carbonyl (C=O) groups excluding carboxylic acids is 1. The Balaban J connectivity index is 2.60. The maximum atomic E-state index is 11.3. The highest BCUT2D eigenvalue weighted by atomic mass is 16.5. The molecule has 0 bridgehead atoms. The summed E-state index contributed by atoms with van der Waals surface area (Å²) in [4.78, 5) is 11.3. The smallest absolute Gasteiger partial charge is 0.336 e. The van der Waals surface area contributed by atoms with E-state index in [0.29, 0.717) is 0 Å². The Labute approximate surface area is 87.5 Å². The Bertz CT molecular complexity index is 351. The molecule has 1 aromatic rings. The van der Waals surface area contributed by atoms with Crippen LogP contribution in [0.5, 0.6) is 0 Å². The quantitative estimate of drug-likeness (QED) is 0.453. The highest BCUT2D eigenvalue weighted by Gasteiger charge is 2.21. The lowest BCUT2D eigenvalue weighted by Crippen LogP contribution is -2.13. The van der Waals surface area contributed by atoms with Crippen LogP contribution in [0.2, 0.25) is 0 Å². The van der Waals surface area contributed by atoms with Crippen LogP contribution in [0.25, 0.3) is 0 Å². The first kappa shape index (κ1) is 11.3. The van der Waals surface area contributed by atoms with Gasteiger partial charge in [-0.1, -0.05) is 19.2 Å². The second kappa shape index (κ2) is 5.17. The van der Waals surface area contributed by atoms with E-state index in [9.17, 15) is 9.90 Å². The number of furan rings is 1. The van der Waals surface area contributed by atoms with Crippen LogP contribution in [0.3, 0.4) is 0 Å². The minimum absolute atomic E-state index is 0.0631. The first-order valence-corrected chi connectivity index (χ1v) is 4.35. The van der Waals surface area contributed by atoms with Crippen molar-refractivity contribution in [1.29, 1.82) is 0 Å². The Morgan fingerprint density at radius 2 is 2.47 bits per heavy atom. The SMILES string of the molecule is C=CCOC(=O)C(=C)C(O)c1ccco1. The van der Waals surface area contributed by atoms with Crippen LogP contribution in [0, 0.1) is 0 Å². The third-order valence-electron chi connectivity index (χ3n) is 1.74. The molecule has 0 saturated heterocycles. The fourth-order valence-corrected chi connectivity index (χ4v) is 0.958. The van der Waals surface area contributed by atoms with Crippen molar-refractivity contribution < 1.29 is 19.1 Å². The molecule has 0 spiro atoms. The summed E-state index contributed by atoms with van der Waals surface area (Å²) in [6.45, 7) is 6.93. The third kappa shape index (κ3) is 2.82. The zero-order valence-electron chi connectivity index (χ0n) is 8.18. The van der Waals surface area contributed by atoms with Gasteiger partial charge in [-0.2, -0.15) is 0 Å². The van der Waals surface area contributed by atoms with E-state index in [1.807, 2.05) is 0 Å². The predicted octanol–water partition coefficient (Wildman–Crippen LogP) is 1.60. The van der Waals surface area contributed by atoms with Gasteiger partial charge in [-0.25, -0.2) is 4.79 Å². The second-order valence-electron chi connectivity index (χ2n) is 2.83. The van der Waals surface area contributed by atoms with E-state index < -0.39 is 12.1 Å². The maximum absolute atomic E-state index is 11.3. The van der Waals surface area contributed by atoms with E-state index in [4.69, 9.17) is 9.15 Å². The Hall–Kier alpha value is -1.81. The molecule has 0 fully saturated rings. The fraction of sp³-hybridized carbons (Fsp3) is 0.182. The van der Waals surface area contributed by atoms with E-state index in [1.54, 1.807) is 12.1 Å². The molecule has 0 aromatic carbocycles. The summed E-state index contributed by atoms with van der Waals surface area (Å²) in [5, 5.41) is 9.63. The number of ether oxygens (including phenoxy) is 1. The van der Waals surface area contributed by atoms with Crippen LogP contribution < -0.4 is 0 Å².